The summed E-state index contributed by atoms with van der Waals surface area (Å²) in [4.78, 5) is 17.2. The van der Waals surface area contributed by atoms with Crippen molar-refractivity contribution in [2.24, 2.45) is 0 Å². The standard InChI is InChI=1S/C28H31N5O/c1-3-4-5-10-20(2)30-28(34)24-12-6-7-13-25(24)31-22-14-16-23-26(32-33-27(23)19-22)17-15-21-11-8-9-18-29-21/h6-9,11-20,31H,3-5,10H2,1-2H3,(H,30,34)(H,32,33)/b17-15+. The van der Waals surface area contributed by atoms with E-state index in [1.54, 1.807) is 6.20 Å². The Labute approximate surface area is 200 Å². The highest BCUT2D eigenvalue weighted by Crippen LogP contribution is 2.26. The minimum atomic E-state index is -0.0586. The summed E-state index contributed by atoms with van der Waals surface area (Å²) in [5.74, 6) is -0.0586. The largest absolute Gasteiger partial charge is 0.355 e. The van der Waals surface area contributed by atoms with Crippen LogP contribution in [0.1, 0.15) is 61.3 Å². The summed E-state index contributed by atoms with van der Waals surface area (Å²) in [6.45, 7) is 4.25. The Balaban J connectivity index is 1.48. The molecule has 0 aliphatic rings. The average Bonchev–Trinajstić information content (AvgIpc) is 3.26. The summed E-state index contributed by atoms with van der Waals surface area (Å²) < 4.78 is 0. The molecule has 1 unspecified atom stereocenters. The van der Waals surface area contributed by atoms with Crippen LogP contribution in [0.5, 0.6) is 0 Å². The molecule has 0 saturated carbocycles. The first-order valence-corrected chi connectivity index (χ1v) is 11.9. The molecule has 2 aromatic carbocycles. The van der Waals surface area contributed by atoms with E-state index < -0.39 is 0 Å². The Morgan fingerprint density at radius 1 is 1.06 bits per heavy atom. The van der Waals surface area contributed by atoms with E-state index in [9.17, 15) is 4.79 Å². The molecule has 0 aliphatic heterocycles. The van der Waals surface area contributed by atoms with Crippen LogP contribution in [-0.4, -0.2) is 27.1 Å². The van der Waals surface area contributed by atoms with Crippen LogP contribution >= 0.6 is 0 Å². The molecule has 3 N–H and O–H groups in total. The number of pyridine rings is 1. The van der Waals surface area contributed by atoms with Crippen molar-refractivity contribution in [2.45, 2.75) is 45.6 Å². The summed E-state index contributed by atoms with van der Waals surface area (Å²) in [6.07, 6.45) is 10.1. The molecule has 1 atom stereocenters. The molecule has 6 nitrogen and oxygen atoms in total. The first kappa shape index (κ1) is 23.2. The highest BCUT2D eigenvalue weighted by atomic mass is 16.1. The molecule has 0 saturated heterocycles. The van der Waals surface area contributed by atoms with Gasteiger partial charge in [0.2, 0.25) is 0 Å². The van der Waals surface area contributed by atoms with Gasteiger partial charge in [-0.05, 0) is 68.0 Å². The first-order valence-electron chi connectivity index (χ1n) is 11.9. The number of hydrogen-bond donors (Lipinski definition) is 3. The molecule has 4 rings (SSSR count). The Hall–Kier alpha value is -3.93. The average molecular weight is 454 g/mol. The molecule has 0 spiro atoms. The number of para-hydroxylation sites is 1. The summed E-state index contributed by atoms with van der Waals surface area (Å²) in [5.41, 5.74) is 4.93. The fourth-order valence-corrected chi connectivity index (χ4v) is 3.90. The van der Waals surface area contributed by atoms with Crippen molar-refractivity contribution in [2.75, 3.05) is 5.32 Å². The Morgan fingerprint density at radius 3 is 2.74 bits per heavy atom. The maximum atomic E-state index is 12.9. The zero-order chi connectivity index (χ0) is 23.8. The maximum Gasteiger partial charge on any atom is 0.253 e. The lowest BCUT2D eigenvalue weighted by atomic mass is 10.1. The molecule has 1 amide bonds. The number of nitrogens with one attached hydrogen (secondary N) is 3. The van der Waals surface area contributed by atoms with E-state index in [1.807, 2.05) is 72.8 Å². The second-order valence-electron chi connectivity index (χ2n) is 8.50. The third-order valence-corrected chi connectivity index (χ3v) is 5.76. The number of anilines is 2. The molecule has 6 heteroatoms. The van der Waals surface area contributed by atoms with E-state index in [0.717, 1.165) is 46.5 Å². The van der Waals surface area contributed by atoms with Crippen molar-refractivity contribution in [3.63, 3.8) is 0 Å². The molecule has 0 fully saturated rings. The van der Waals surface area contributed by atoms with Crippen LogP contribution < -0.4 is 10.6 Å². The second-order valence-corrected chi connectivity index (χ2v) is 8.50. The van der Waals surface area contributed by atoms with E-state index in [4.69, 9.17) is 0 Å². The summed E-state index contributed by atoms with van der Waals surface area (Å²) in [6, 6.07) is 19.6. The topological polar surface area (TPSA) is 82.7 Å². The molecule has 174 valence electrons. The van der Waals surface area contributed by atoms with Crippen LogP contribution in [0.4, 0.5) is 11.4 Å². The van der Waals surface area contributed by atoms with E-state index >= 15 is 0 Å². The zero-order valence-electron chi connectivity index (χ0n) is 19.7. The fourth-order valence-electron chi connectivity index (χ4n) is 3.90. The quantitative estimate of drug-likeness (QED) is 0.237. The van der Waals surface area contributed by atoms with Crippen LogP contribution in [0.3, 0.4) is 0 Å². The van der Waals surface area contributed by atoms with E-state index in [1.165, 1.54) is 12.8 Å². The van der Waals surface area contributed by atoms with E-state index in [-0.39, 0.29) is 11.9 Å². The summed E-state index contributed by atoms with van der Waals surface area (Å²) in [7, 11) is 0. The molecule has 34 heavy (non-hydrogen) atoms. The van der Waals surface area contributed by atoms with Crippen LogP contribution in [0.2, 0.25) is 0 Å². The van der Waals surface area contributed by atoms with Gasteiger partial charge in [-0.2, -0.15) is 5.10 Å². The molecule has 4 aromatic rings. The number of unbranched alkanes of at least 4 members (excludes halogenated alkanes) is 2. The first-order chi connectivity index (χ1) is 16.6. The van der Waals surface area contributed by atoms with Gasteiger partial charge in [0.1, 0.15) is 0 Å². The van der Waals surface area contributed by atoms with Gasteiger partial charge in [-0.25, -0.2) is 0 Å². The number of benzene rings is 2. The minimum absolute atomic E-state index is 0.0586. The van der Waals surface area contributed by atoms with E-state index in [0.29, 0.717) is 5.56 Å². The number of amides is 1. The number of carbonyl (C=O) groups excluding carboxylic acids is 1. The van der Waals surface area contributed by atoms with E-state index in [2.05, 4.69) is 39.7 Å². The number of carbonyl (C=O) groups is 1. The maximum absolute atomic E-state index is 12.9. The molecule has 2 aromatic heterocycles. The van der Waals surface area contributed by atoms with Crippen LogP contribution in [0.15, 0.2) is 66.9 Å². The lowest BCUT2D eigenvalue weighted by molar-refractivity contribution is 0.0939. The predicted molar refractivity (Wildman–Crippen MR) is 140 cm³/mol. The van der Waals surface area contributed by atoms with Crippen molar-refractivity contribution < 1.29 is 4.79 Å². The number of nitrogens with zero attached hydrogens (tertiary/aromatic N) is 2. The van der Waals surface area contributed by atoms with Crippen LogP contribution in [0.25, 0.3) is 23.1 Å². The van der Waals surface area contributed by atoms with Crippen molar-refractivity contribution >= 4 is 40.3 Å². The van der Waals surface area contributed by atoms with Gasteiger partial charge in [0.15, 0.2) is 0 Å². The van der Waals surface area contributed by atoms with Gasteiger partial charge in [-0.3, -0.25) is 14.9 Å². The van der Waals surface area contributed by atoms with Crippen molar-refractivity contribution in [1.82, 2.24) is 20.5 Å². The van der Waals surface area contributed by atoms with Gasteiger partial charge >= 0.3 is 0 Å². The molecular formula is C28H31N5O. The normalized spacial score (nSPS) is 12.2. The van der Waals surface area contributed by atoms with Crippen molar-refractivity contribution in [3.05, 3.63) is 83.8 Å². The van der Waals surface area contributed by atoms with Gasteiger partial charge in [0.25, 0.3) is 5.91 Å². The van der Waals surface area contributed by atoms with Gasteiger partial charge in [-0.1, -0.05) is 44.4 Å². The number of fused-ring (bicyclic) bond motifs is 1. The highest BCUT2D eigenvalue weighted by Gasteiger charge is 2.14. The second kappa shape index (κ2) is 11.3. The van der Waals surface area contributed by atoms with Crippen molar-refractivity contribution in [3.8, 4) is 0 Å². The van der Waals surface area contributed by atoms with Crippen LogP contribution in [-0.2, 0) is 0 Å². The Bertz CT molecular complexity index is 1260. The van der Waals surface area contributed by atoms with Gasteiger partial charge in [-0.15, -0.1) is 0 Å². The minimum Gasteiger partial charge on any atom is -0.355 e. The summed E-state index contributed by atoms with van der Waals surface area (Å²) in [5, 5.41) is 15.1. The molecule has 2 heterocycles. The number of aromatic nitrogens is 3. The molecular weight excluding hydrogens is 422 g/mol. The molecule has 0 bridgehead atoms. The van der Waals surface area contributed by atoms with Gasteiger partial charge < -0.3 is 10.6 Å². The lowest BCUT2D eigenvalue weighted by Crippen LogP contribution is -2.32. The lowest BCUT2D eigenvalue weighted by Gasteiger charge is -2.16. The molecule has 0 aliphatic carbocycles. The van der Waals surface area contributed by atoms with Crippen molar-refractivity contribution in [1.29, 1.82) is 0 Å². The predicted octanol–water partition coefficient (Wildman–Crippen LogP) is 6.57. The SMILES string of the molecule is CCCCCC(C)NC(=O)c1ccccc1Nc1ccc2c(/C=C/c3ccccn3)n[nH]c2c1. The fraction of sp³-hybridized carbons (Fsp3) is 0.250. The Kier molecular flexibility index (Phi) is 7.71. The van der Waals surface area contributed by atoms with Crippen LogP contribution in [0, 0.1) is 0 Å². The van der Waals surface area contributed by atoms with Gasteiger partial charge in [0.05, 0.1) is 28.2 Å². The zero-order valence-corrected chi connectivity index (χ0v) is 19.7. The third-order valence-electron chi connectivity index (χ3n) is 5.76. The smallest absolute Gasteiger partial charge is 0.253 e. The number of H-pyrrole nitrogens is 1. The number of rotatable bonds is 10. The Morgan fingerprint density at radius 2 is 1.91 bits per heavy atom. The number of aromatic amines is 1. The third kappa shape index (κ3) is 5.90. The number of hydrogen-bond acceptors (Lipinski definition) is 4. The highest BCUT2D eigenvalue weighted by molar-refractivity contribution is 6.01. The monoisotopic (exact) mass is 453 g/mol. The van der Waals surface area contributed by atoms with Gasteiger partial charge in [0, 0.05) is 23.3 Å². The molecule has 0 radical (unpaired) electrons. The summed E-state index contributed by atoms with van der Waals surface area (Å²) >= 11 is 0.